The minimum atomic E-state index is 0.673. The predicted octanol–water partition coefficient (Wildman–Crippen LogP) is 3.82. The van der Waals surface area contributed by atoms with Crippen LogP contribution in [0, 0.1) is 0 Å². The highest BCUT2D eigenvalue weighted by atomic mass is 16.5. The van der Waals surface area contributed by atoms with Crippen molar-refractivity contribution in [3.63, 3.8) is 0 Å². The summed E-state index contributed by atoms with van der Waals surface area (Å²) in [5.41, 5.74) is 2.10. The van der Waals surface area contributed by atoms with Gasteiger partial charge >= 0.3 is 0 Å². The van der Waals surface area contributed by atoms with Crippen LogP contribution in [0.5, 0.6) is 5.75 Å². The zero-order valence-corrected chi connectivity index (χ0v) is 10.1. The Morgan fingerprint density at radius 2 is 2.24 bits per heavy atom. The van der Waals surface area contributed by atoms with Crippen molar-refractivity contribution < 1.29 is 4.74 Å². The smallest absolute Gasteiger partial charge is 0.143 e. The summed E-state index contributed by atoms with van der Waals surface area (Å²) in [6.07, 6.45) is 8.07. The lowest BCUT2D eigenvalue weighted by atomic mass is 10.1. The summed E-state index contributed by atoms with van der Waals surface area (Å²) in [6.45, 7) is 6.85. The largest absolute Gasteiger partial charge is 0.457 e. The number of unbranched alkanes of at least 4 members (excludes halogenated alkanes) is 1. The van der Waals surface area contributed by atoms with E-state index in [2.05, 4.69) is 18.5 Å². The third-order valence-electron chi connectivity index (χ3n) is 2.63. The molecule has 17 heavy (non-hydrogen) atoms. The number of para-hydroxylation sites is 1. The van der Waals surface area contributed by atoms with Crippen molar-refractivity contribution in [2.45, 2.75) is 19.8 Å². The predicted molar refractivity (Wildman–Crippen MR) is 72.6 cm³/mol. The summed E-state index contributed by atoms with van der Waals surface area (Å²) < 4.78 is 5.65. The Morgan fingerprint density at radius 3 is 3.06 bits per heavy atom. The van der Waals surface area contributed by atoms with Gasteiger partial charge in [-0.1, -0.05) is 32.1 Å². The van der Waals surface area contributed by atoms with Crippen molar-refractivity contribution in [2.24, 2.45) is 4.99 Å². The molecule has 0 aromatic heterocycles. The van der Waals surface area contributed by atoms with E-state index in [0.717, 1.165) is 29.8 Å². The van der Waals surface area contributed by atoms with Crippen molar-refractivity contribution in [1.82, 2.24) is 0 Å². The van der Waals surface area contributed by atoms with Gasteiger partial charge in [0.25, 0.3) is 0 Å². The maximum Gasteiger partial charge on any atom is 0.143 e. The number of aliphatic imine (C=N–C) groups is 1. The molecule has 0 amide bonds. The third-order valence-corrected chi connectivity index (χ3v) is 2.63. The molecule has 1 heterocycles. The fourth-order valence-electron chi connectivity index (χ4n) is 1.68. The molecule has 1 aromatic carbocycles. The maximum absolute atomic E-state index is 5.65. The average molecular weight is 227 g/mol. The number of allylic oxidation sites excluding steroid dienone is 1. The highest BCUT2D eigenvalue weighted by Crippen LogP contribution is 2.29. The molecule has 0 fully saturated rings. The normalized spacial score (nSPS) is 13.8. The lowest BCUT2D eigenvalue weighted by Crippen LogP contribution is -2.01. The van der Waals surface area contributed by atoms with Crippen LogP contribution in [0.4, 0.5) is 0 Å². The van der Waals surface area contributed by atoms with Gasteiger partial charge in [0.05, 0.1) is 0 Å². The zero-order valence-electron chi connectivity index (χ0n) is 10.1. The molecule has 2 rings (SSSR count). The van der Waals surface area contributed by atoms with Gasteiger partial charge in [-0.25, -0.2) is 0 Å². The van der Waals surface area contributed by atoms with Crippen molar-refractivity contribution >= 4 is 12.3 Å². The lowest BCUT2D eigenvalue weighted by molar-refractivity contribution is 0.442. The Kier molecular flexibility index (Phi) is 3.76. The fraction of sp³-hybridized carbons (Fsp3) is 0.267. The van der Waals surface area contributed by atoms with Gasteiger partial charge in [0.2, 0.25) is 0 Å². The van der Waals surface area contributed by atoms with Crippen LogP contribution in [0.15, 0.2) is 41.6 Å². The Labute approximate surface area is 102 Å². The molecule has 0 bridgehead atoms. The highest BCUT2D eigenvalue weighted by molar-refractivity contribution is 5.86. The number of benzene rings is 1. The molecule has 1 aliphatic heterocycles. The van der Waals surface area contributed by atoms with E-state index in [-0.39, 0.29) is 0 Å². The van der Waals surface area contributed by atoms with Crippen molar-refractivity contribution in [3.05, 3.63) is 47.7 Å². The lowest BCUT2D eigenvalue weighted by Gasteiger charge is -2.15. The number of rotatable bonds is 4. The van der Waals surface area contributed by atoms with Gasteiger partial charge < -0.3 is 4.74 Å². The summed E-state index contributed by atoms with van der Waals surface area (Å²) in [6, 6.07) is 6.06. The molecule has 2 nitrogen and oxygen atoms in total. The molecular formula is C15H17NO. The molecular weight excluding hydrogens is 210 g/mol. The zero-order chi connectivity index (χ0) is 12.1. The number of hydrogen-bond donors (Lipinski definition) is 0. The SMILES string of the molecule is C=C1C=Cc2cccc(/C=N/CCCC)c2O1. The quantitative estimate of drug-likeness (QED) is 0.566. The Bertz CT molecular complexity index is 472. The summed E-state index contributed by atoms with van der Waals surface area (Å²) in [7, 11) is 0. The van der Waals surface area contributed by atoms with Gasteiger partial charge in [0, 0.05) is 23.9 Å². The summed E-state index contributed by atoms with van der Waals surface area (Å²) >= 11 is 0. The minimum Gasteiger partial charge on any atom is -0.457 e. The maximum atomic E-state index is 5.65. The minimum absolute atomic E-state index is 0.673. The first-order valence-corrected chi connectivity index (χ1v) is 5.99. The van der Waals surface area contributed by atoms with Crippen LogP contribution in [0.2, 0.25) is 0 Å². The molecule has 1 aromatic rings. The highest BCUT2D eigenvalue weighted by Gasteiger charge is 2.11. The van der Waals surface area contributed by atoms with Gasteiger partial charge in [-0.15, -0.1) is 0 Å². The van der Waals surface area contributed by atoms with Crippen LogP contribution in [-0.2, 0) is 0 Å². The van der Waals surface area contributed by atoms with E-state index in [0.29, 0.717) is 5.76 Å². The summed E-state index contributed by atoms with van der Waals surface area (Å²) in [5.74, 6) is 1.53. The van der Waals surface area contributed by atoms with E-state index in [1.54, 1.807) is 0 Å². The number of nitrogens with zero attached hydrogens (tertiary/aromatic N) is 1. The molecule has 0 atom stereocenters. The van der Waals surface area contributed by atoms with Gasteiger partial charge in [-0.2, -0.15) is 0 Å². The number of ether oxygens (including phenoxy) is 1. The number of hydrogen-bond acceptors (Lipinski definition) is 2. The topological polar surface area (TPSA) is 21.6 Å². The molecule has 0 unspecified atom stereocenters. The summed E-state index contributed by atoms with van der Waals surface area (Å²) in [4.78, 5) is 4.41. The second-order valence-corrected chi connectivity index (χ2v) is 4.06. The molecule has 88 valence electrons. The molecule has 0 spiro atoms. The van der Waals surface area contributed by atoms with E-state index in [1.165, 1.54) is 6.42 Å². The Balaban J connectivity index is 2.21. The second-order valence-electron chi connectivity index (χ2n) is 4.06. The molecule has 2 heteroatoms. The van der Waals surface area contributed by atoms with Crippen LogP contribution in [0.25, 0.3) is 6.08 Å². The first kappa shape index (κ1) is 11.6. The monoisotopic (exact) mass is 227 g/mol. The van der Waals surface area contributed by atoms with E-state index >= 15 is 0 Å². The van der Waals surface area contributed by atoms with Gasteiger partial charge in [-0.3, -0.25) is 4.99 Å². The van der Waals surface area contributed by atoms with E-state index in [4.69, 9.17) is 4.74 Å². The van der Waals surface area contributed by atoms with Crippen molar-refractivity contribution in [1.29, 1.82) is 0 Å². The Morgan fingerprint density at radius 1 is 1.35 bits per heavy atom. The van der Waals surface area contributed by atoms with E-state index in [1.807, 2.05) is 36.6 Å². The molecule has 0 radical (unpaired) electrons. The van der Waals surface area contributed by atoms with Crippen LogP contribution in [0.1, 0.15) is 30.9 Å². The first-order chi connectivity index (χ1) is 8.31. The average Bonchev–Trinajstić information content (AvgIpc) is 2.35. The fourth-order valence-corrected chi connectivity index (χ4v) is 1.68. The number of fused-ring (bicyclic) bond motifs is 1. The molecule has 0 saturated heterocycles. The molecule has 0 aliphatic carbocycles. The molecule has 0 saturated carbocycles. The van der Waals surface area contributed by atoms with Gasteiger partial charge in [0.15, 0.2) is 0 Å². The van der Waals surface area contributed by atoms with E-state index < -0.39 is 0 Å². The van der Waals surface area contributed by atoms with Crippen molar-refractivity contribution in [3.8, 4) is 5.75 Å². The standard InChI is InChI=1S/C15H17NO/c1-3-4-10-16-11-14-7-5-6-13-9-8-12(2)17-15(13)14/h5-9,11H,2-4,10H2,1H3/b16-11+. The first-order valence-electron chi connectivity index (χ1n) is 5.99. The summed E-state index contributed by atoms with van der Waals surface area (Å²) in [5, 5.41) is 0. The molecule has 0 N–H and O–H groups in total. The van der Waals surface area contributed by atoms with Crippen LogP contribution < -0.4 is 4.74 Å². The van der Waals surface area contributed by atoms with Crippen LogP contribution >= 0.6 is 0 Å². The van der Waals surface area contributed by atoms with Crippen LogP contribution in [0.3, 0.4) is 0 Å². The van der Waals surface area contributed by atoms with E-state index in [9.17, 15) is 0 Å². The second kappa shape index (κ2) is 5.48. The van der Waals surface area contributed by atoms with Crippen molar-refractivity contribution in [2.75, 3.05) is 6.54 Å². The van der Waals surface area contributed by atoms with Gasteiger partial charge in [0.1, 0.15) is 11.5 Å². The third kappa shape index (κ3) is 2.84. The Hall–Kier alpha value is -1.83. The van der Waals surface area contributed by atoms with Crippen LogP contribution in [-0.4, -0.2) is 12.8 Å². The van der Waals surface area contributed by atoms with Gasteiger partial charge in [-0.05, 0) is 24.6 Å². The molecule has 1 aliphatic rings.